The topological polar surface area (TPSA) is 0 Å². The highest BCUT2D eigenvalue weighted by Gasteiger charge is 2.15. The van der Waals surface area contributed by atoms with Crippen LogP contribution in [0.25, 0.3) is 0 Å². The zero-order chi connectivity index (χ0) is 10.2. The average Bonchev–Trinajstić information content (AvgIpc) is 2.07. The van der Waals surface area contributed by atoms with E-state index in [1.165, 1.54) is 13.0 Å². The number of benzene rings is 1. The molecule has 0 amide bonds. The first-order chi connectivity index (χ1) is 5.95. The molecule has 0 aliphatic carbocycles. The molecule has 0 saturated heterocycles. The molecule has 0 N–H and O–H groups in total. The molecule has 0 heterocycles. The predicted molar refractivity (Wildman–Crippen MR) is 50.2 cm³/mol. The highest BCUT2D eigenvalue weighted by molar-refractivity contribution is 6.31. The fourth-order valence-corrected chi connectivity index (χ4v) is 1.32. The van der Waals surface area contributed by atoms with Crippen molar-refractivity contribution in [1.82, 2.24) is 0 Å². The monoisotopic (exact) mass is 204 g/mol. The Morgan fingerprint density at radius 3 is 2.31 bits per heavy atom. The van der Waals surface area contributed by atoms with Gasteiger partial charge < -0.3 is 0 Å². The molecule has 3 heteroatoms. The smallest absolute Gasteiger partial charge is 0.145 e. The van der Waals surface area contributed by atoms with Gasteiger partial charge in [0.15, 0.2) is 0 Å². The minimum absolute atomic E-state index is 0.0624. The van der Waals surface area contributed by atoms with E-state index in [2.05, 4.69) is 0 Å². The van der Waals surface area contributed by atoms with E-state index >= 15 is 0 Å². The van der Waals surface area contributed by atoms with Gasteiger partial charge in [0, 0.05) is 5.56 Å². The van der Waals surface area contributed by atoms with E-state index in [1.54, 1.807) is 13.8 Å². The molecule has 0 nitrogen and oxygen atoms in total. The lowest BCUT2D eigenvalue weighted by Gasteiger charge is -2.10. The Hall–Kier alpha value is -0.630. The van der Waals surface area contributed by atoms with Crippen LogP contribution in [0.4, 0.5) is 8.78 Å². The first-order valence-electron chi connectivity index (χ1n) is 4.09. The van der Waals surface area contributed by atoms with Crippen LogP contribution < -0.4 is 0 Å². The summed E-state index contributed by atoms with van der Waals surface area (Å²) in [6.45, 7) is 5.05. The molecule has 13 heavy (non-hydrogen) atoms. The van der Waals surface area contributed by atoms with E-state index in [-0.39, 0.29) is 16.5 Å². The highest BCUT2D eigenvalue weighted by atomic mass is 35.5. The SMILES string of the molecule is Cc1c(F)cc(C(C)C)c(F)c1Cl. The van der Waals surface area contributed by atoms with Crippen LogP contribution in [0.1, 0.15) is 30.9 Å². The van der Waals surface area contributed by atoms with E-state index in [4.69, 9.17) is 11.6 Å². The summed E-state index contributed by atoms with van der Waals surface area (Å²) in [4.78, 5) is 0. The first-order valence-corrected chi connectivity index (χ1v) is 4.47. The number of halogens is 3. The zero-order valence-corrected chi connectivity index (χ0v) is 8.54. The first kappa shape index (κ1) is 10.5. The molecule has 0 atom stereocenters. The van der Waals surface area contributed by atoms with E-state index in [1.807, 2.05) is 0 Å². The van der Waals surface area contributed by atoms with Crippen LogP contribution in [0.2, 0.25) is 5.02 Å². The van der Waals surface area contributed by atoms with Crippen LogP contribution >= 0.6 is 11.6 Å². The lowest BCUT2D eigenvalue weighted by atomic mass is 10.0. The van der Waals surface area contributed by atoms with Gasteiger partial charge in [-0.3, -0.25) is 0 Å². The molecule has 0 saturated carbocycles. The van der Waals surface area contributed by atoms with Crippen molar-refractivity contribution in [3.05, 3.63) is 33.9 Å². The maximum atomic E-state index is 13.4. The lowest BCUT2D eigenvalue weighted by Crippen LogP contribution is -1.98. The van der Waals surface area contributed by atoms with Crippen LogP contribution in [0.15, 0.2) is 6.07 Å². The second-order valence-corrected chi connectivity index (χ2v) is 3.73. The van der Waals surface area contributed by atoms with Crippen molar-refractivity contribution < 1.29 is 8.78 Å². The fourth-order valence-electron chi connectivity index (χ4n) is 1.12. The molecular formula is C10H11ClF2. The van der Waals surface area contributed by atoms with Crippen LogP contribution in [0.3, 0.4) is 0 Å². The summed E-state index contributed by atoms with van der Waals surface area (Å²) in [6, 6.07) is 1.21. The summed E-state index contributed by atoms with van der Waals surface area (Å²) in [7, 11) is 0. The van der Waals surface area contributed by atoms with Gasteiger partial charge in [-0.25, -0.2) is 8.78 Å². The van der Waals surface area contributed by atoms with Gasteiger partial charge in [-0.1, -0.05) is 25.4 Å². The van der Waals surface area contributed by atoms with Crippen molar-refractivity contribution in [2.75, 3.05) is 0 Å². The van der Waals surface area contributed by atoms with Crippen molar-refractivity contribution in [3.63, 3.8) is 0 Å². The Labute approximate surface area is 81.5 Å². The van der Waals surface area contributed by atoms with Gasteiger partial charge in [-0.15, -0.1) is 0 Å². The second-order valence-electron chi connectivity index (χ2n) is 3.36. The highest BCUT2D eigenvalue weighted by Crippen LogP contribution is 2.29. The van der Waals surface area contributed by atoms with Crippen LogP contribution in [0.5, 0.6) is 0 Å². The molecule has 1 rings (SSSR count). The summed E-state index contributed by atoms with van der Waals surface area (Å²) in [5, 5.41) is -0.108. The summed E-state index contributed by atoms with van der Waals surface area (Å²) in [6.07, 6.45) is 0. The van der Waals surface area contributed by atoms with Gasteiger partial charge >= 0.3 is 0 Å². The second kappa shape index (κ2) is 3.62. The van der Waals surface area contributed by atoms with Gasteiger partial charge in [-0.2, -0.15) is 0 Å². The van der Waals surface area contributed by atoms with Crippen molar-refractivity contribution in [2.45, 2.75) is 26.7 Å². The van der Waals surface area contributed by atoms with Crippen LogP contribution in [0, 0.1) is 18.6 Å². The van der Waals surface area contributed by atoms with Gasteiger partial charge in [0.2, 0.25) is 0 Å². The van der Waals surface area contributed by atoms with E-state index in [9.17, 15) is 8.78 Å². The van der Waals surface area contributed by atoms with Crippen molar-refractivity contribution in [3.8, 4) is 0 Å². The molecule has 0 aliphatic heterocycles. The average molecular weight is 205 g/mol. The molecule has 0 bridgehead atoms. The molecule has 72 valence electrons. The minimum Gasteiger partial charge on any atom is -0.207 e. The Bertz CT molecular complexity index is 332. The molecule has 1 aromatic rings. The normalized spacial score (nSPS) is 11.0. The van der Waals surface area contributed by atoms with Crippen LogP contribution in [-0.2, 0) is 0 Å². The predicted octanol–water partition coefficient (Wildman–Crippen LogP) is 4.05. The fraction of sp³-hybridized carbons (Fsp3) is 0.400. The van der Waals surface area contributed by atoms with E-state index in [0.717, 1.165) is 0 Å². The number of hydrogen-bond acceptors (Lipinski definition) is 0. The third-order valence-electron chi connectivity index (χ3n) is 2.04. The molecule has 0 spiro atoms. The molecule has 0 radical (unpaired) electrons. The Morgan fingerprint density at radius 1 is 1.31 bits per heavy atom. The summed E-state index contributed by atoms with van der Waals surface area (Å²) < 4.78 is 26.5. The van der Waals surface area contributed by atoms with E-state index < -0.39 is 11.6 Å². The maximum absolute atomic E-state index is 13.4. The number of hydrogen-bond donors (Lipinski definition) is 0. The molecule has 1 aromatic carbocycles. The van der Waals surface area contributed by atoms with Crippen molar-refractivity contribution >= 4 is 11.6 Å². The zero-order valence-electron chi connectivity index (χ0n) is 7.79. The van der Waals surface area contributed by atoms with Gasteiger partial charge in [-0.05, 0) is 24.5 Å². The quantitative estimate of drug-likeness (QED) is 0.606. The van der Waals surface area contributed by atoms with Gasteiger partial charge in [0.05, 0.1) is 5.02 Å². The molecule has 0 aliphatic rings. The summed E-state index contributed by atoms with van der Waals surface area (Å²) >= 11 is 5.62. The Morgan fingerprint density at radius 2 is 1.85 bits per heavy atom. The van der Waals surface area contributed by atoms with Gasteiger partial charge in [0.1, 0.15) is 11.6 Å². The minimum atomic E-state index is -0.504. The molecule has 0 unspecified atom stereocenters. The molecule has 0 fully saturated rings. The Balaban J connectivity index is 3.41. The third kappa shape index (κ3) is 1.83. The largest absolute Gasteiger partial charge is 0.207 e. The standard InChI is InChI=1S/C10H11ClF2/c1-5(2)7-4-8(12)6(3)9(11)10(7)13/h4-5H,1-3H3. The molecule has 0 aromatic heterocycles. The summed E-state index contributed by atoms with van der Waals surface area (Å²) in [5.41, 5.74) is 0.497. The third-order valence-corrected chi connectivity index (χ3v) is 2.49. The lowest BCUT2D eigenvalue weighted by molar-refractivity contribution is 0.570. The van der Waals surface area contributed by atoms with Crippen molar-refractivity contribution in [1.29, 1.82) is 0 Å². The maximum Gasteiger partial charge on any atom is 0.145 e. The van der Waals surface area contributed by atoms with Gasteiger partial charge in [0.25, 0.3) is 0 Å². The Kier molecular flexibility index (Phi) is 2.91. The van der Waals surface area contributed by atoms with E-state index in [0.29, 0.717) is 5.56 Å². The summed E-state index contributed by atoms with van der Waals surface area (Å²) in [5.74, 6) is -1.02. The number of rotatable bonds is 1. The van der Waals surface area contributed by atoms with Crippen LogP contribution in [-0.4, -0.2) is 0 Å². The molecular weight excluding hydrogens is 194 g/mol. The van der Waals surface area contributed by atoms with Crippen molar-refractivity contribution in [2.24, 2.45) is 0 Å².